The maximum atomic E-state index is 14.5. The average Bonchev–Trinajstić information content (AvgIpc) is 3.04. The van der Waals surface area contributed by atoms with Crippen molar-refractivity contribution in [2.75, 3.05) is 6.26 Å². The zero-order chi connectivity index (χ0) is 24.8. The first-order valence-corrected chi connectivity index (χ1v) is 12.1. The zero-order valence-corrected chi connectivity index (χ0v) is 19.1. The lowest BCUT2D eigenvalue weighted by molar-refractivity contribution is -0.113. The number of amides is 1. The minimum atomic E-state index is -4.04. The molecule has 0 spiro atoms. The summed E-state index contributed by atoms with van der Waals surface area (Å²) in [6.45, 7) is -0.539. The number of carbonyl (C=O) groups is 2. The molecular weight excluding hydrogens is 493 g/mol. The van der Waals surface area contributed by atoms with Crippen molar-refractivity contribution in [3.63, 3.8) is 0 Å². The third-order valence-corrected chi connectivity index (χ3v) is 5.98. The summed E-state index contributed by atoms with van der Waals surface area (Å²) in [5, 5.41) is 0.557. The Morgan fingerprint density at radius 1 is 1.18 bits per heavy atom. The standard InChI is InChI=1S/C23H16ClF3N2O4S/c1-34(32,33)28-23(31)22-20(15-4-2-3-5-19(15)30)16-9-13(24)6-7-18(16)29(22)11-12-8-14(25)10-17(26)21(12)27/h2-4,6-10H,5,11H2,1H3,(H,28,31). The van der Waals surface area contributed by atoms with Gasteiger partial charge >= 0.3 is 0 Å². The van der Waals surface area contributed by atoms with Gasteiger partial charge in [0.1, 0.15) is 11.5 Å². The molecule has 1 N–H and O–H groups in total. The molecule has 0 unspecified atom stereocenters. The number of nitrogens with one attached hydrogen (secondary N) is 1. The van der Waals surface area contributed by atoms with Crippen LogP contribution in [-0.2, 0) is 21.4 Å². The van der Waals surface area contributed by atoms with Crippen LogP contribution >= 0.6 is 11.6 Å². The normalized spacial score (nSPS) is 13.9. The Kier molecular flexibility index (Phi) is 6.13. The van der Waals surface area contributed by atoms with Crippen LogP contribution in [0, 0.1) is 17.5 Å². The van der Waals surface area contributed by atoms with E-state index < -0.39 is 45.5 Å². The van der Waals surface area contributed by atoms with Crippen molar-refractivity contribution in [2.24, 2.45) is 0 Å². The van der Waals surface area contributed by atoms with E-state index in [0.717, 1.165) is 12.3 Å². The maximum Gasteiger partial charge on any atom is 0.282 e. The summed E-state index contributed by atoms with van der Waals surface area (Å²) in [6.07, 6.45) is 5.48. The van der Waals surface area contributed by atoms with E-state index in [-0.39, 0.29) is 39.6 Å². The molecule has 0 saturated carbocycles. The molecule has 1 aromatic heterocycles. The highest BCUT2D eigenvalue weighted by atomic mass is 35.5. The summed E-state index contributed by atoms with van der Waals surface area (Å²) < 4.78 is 69.0. The van der Waals surface area contributed by atoms with Gasteiger partial charge < -0.3 is 4.57 Å². The third-order valence-electron chi connectivity index (χ3n) is 5.19. The van der Waals surface area contributed by atoms with E-state index in [9.17, 15) is 31.2 Å². The molecule has 34 heavy (non-hydrogen) atoms. The summed E-state index contributed by atoms with van der Waals surface area (Å²) >= 11 is 6.16. The van der Waals surface area contributed by atoms with Crippen molar-refractivity contribution in [1.29, 1.82) is 0 Å². The summed E-state index contributed by atoms with van der Waals surface area (Å²) in [4.78, 5) is 25.9. The second-order valence-electron chi connectivity index (χ2n) is 7.67. The first kappa shape index (κ1) is 23.8. The van der Waals surface area contributed by atoms with Crippen LogP contribution in [0.2, 0.25) is 5.02 Å². The fourth-order valence-corrected chi connectivity index (χ4v) is 4.48. The number of sulfonamides is 1. The molecule has 0 aliphatic heterocycles. The van der Waals surface area contributed by atoms with Gasteiger partial charge in [0.2, 0.25) is 10.0 Å². The van der Waals surface area contributed by atoms with E-state index in [1.807, 2.05) is 4.72 Å². The molecule has 176 valence electrons. The number of halogens is 4. The summed E-state index contributed by atoms with van der Waals surface area (Å²) in [5.74, 6) is -5.24. The van der Waals surface area contributed by atoms with Gasteiger partial charge in [-0.25, -0.2) is 26.3 Å². The van der Waals surface area contributed by atoms with Crippen molar-refractivity contribution in [2.45, 2.75) is 13.0 Å². The SMILES string of the molecule is CS(=O)(=O)NC(=O)c1c(C2=CC=CCC2=O)c2cc(Cl)ccc2n1Cc1cc(F)cc(F)c1F. The largest absolute Gasteiger partial charge is 0.331 e. The first-order valence-electron chi connectivity index (χ1n) is 9.84. The van der Waals surface area contributed by atoms with E-state index in [0.29, 0.717) is 11.5 Å². The number of rotatable bonds is 5. The molecule has 1 heterocycles. The highest BCUT2D eigenvalue weighted by molar-refractivity contribution is 7.89. The van der Waals surface area contributed by atoms with Crippen molar-refractivity contribution in [1.82, 2.24) is 9.29 Å². The second kappa shape index (κ2) is 8.77. The summed E-state index contributed by atoms with van der Waals surface area (Å²) in [6, 6.07) is 5.57. The molecule has 0 bridgehead atoms. The molecule has 1 aliphatic rings. The molecule has 0 radical (unpaired) electrons. The minimum absolute atomic E-state index is 0.0376. The molecule has 0 saturated heterocycles. The highest BCUT2D eigenvalue weighted by Crippen LogP contribution is 2.36. The van der Waals surface area contributed by atoms with Gasteiger partial charge in [-0.05, 0) is 24.3 Å². The molecule has 0 atom stereocenters. The Morgan fingerprint density at radius 3 is 2.59 bits per heavy atom. The number of hydrogen-bond donors (Lipinski definition) is 1. The maximum absolute atomic E-state index is 14.5. The summed E-state index contributed by atoms with van der Waals surface area (Å²) in [7, 11) is -4.04. The van der Waals surface area contributed by atoms with E-state index in [2.05, 4.69) is 0 Å². The Morgan fingerprint density at radius 2 is 1.91 bits per heavy atom. The zero-order valence-electron chi connectivity index (χ0n) is 17.5. The summed E-state index contributed by atoms with van der Waals surface area (Å²) in [5.41, 5.74) is -0.275. The van der Waals surface area contributed by atoms with Crippen molar-refractivity contribution >= 4 is 49.8 Å². The van der Waals surface area contributed by atoms with Crippen LogP contribution in [0.4, 0.5) is 13.2 Å². The lowest BCUT2D eigenvalue weighted by Crippen LogP contribution is -2.32. The highest BCUT2D eigenvalue weighted by Gasteiger charge is 2.30. The first-order chi connectivity index (χ1) is 16.0. The lowest BCUT2D eigenvalue weighted by atomic mass is 9.93. The van der Waals surface area contributed by atoms with E-state index in [1.165, 1.54) is 28.8 Å². The van der Waals surface area contributed by atoms with Crippen LogP contribution in [0.5, 0.6) is 0 Å². The number of Topliss-reactive ketones (excluding diaryl/α,β-unsaturated/α-hetero) is 1. The molecule has 1 amide bonds. The molecular formula is C23H16ClF3N2O4S. The Hall–Kier alpha value is -3.37. The van der Waals surface area contributed by atoms with Gasteiger partial charge in [-0.3, -0.25) is 9.59 Å². The second-order valence-corrected chi connectivity index (χ2v) is 9.86. The number of ketones is 1. The Balaban J connectivity index is 2.08. The van der Waals surface area contributed by atoms with Gasteiger partial charge in [0, 0.05) is 45.1 Å². The molecule has 4 rings (SSSR count). The van der Waals surface area contributed by atoms with Crippen LogP contribution in [0.1, 0.15) is 28.0 Å². The number of carbonyl (C=O) groups excluding carboxylic acids is 2. The van der Waals surface area contributed by atoms with Crippen LogP contribution < -0.4 is 4.72 Å². The van der Waals surface area contributed by atoms with Crippen molar-refractivity contribution in [3.05, 3.63) is 87.9 Å². The number of aromatic nitrogens is 1. The van der Waals surface area contributed by atoms with Gasteiger partial charge in [0.05, 0.1) is 12.8 Å². The van der Waals surface area contributed by atoms with E-state index in [1.54, 1.807) is 12.2 Å². The van der Waals surface area contributed by atoms with Crippen LogP contribution in [0.15, 0.2) is 48.6 Å². The number of benzene rings is 2. The van der Waals surface area contributed by atoms with Gasteiger partial charge in [-0.1, -0.05) is 29.8 Å². The monoisotopic (exact) mass is 508 g/mol. The molecule has 1 aliphatic carbocycles. The van der Waals surface area contributed by atoms with Gasteiger partial charge in [0.25, 0.3) is 5.91 Å². The smallest absolute Gasteiger partial charge is 0.282 e. The van der Waals surface area contributed by atoms with E-state index >= 15 is 0 Å². The van der Waals surface area contributed by atoms with Gasteiger partial charge in [-0.15, -0.1) is 0 Å². The molecule has 2 aromatic carbocycles. The van der Waals surface area contributed by atoms with Crippen molar-refractivity contribution < 1.29 is 31.2 Å². The van der Waals surface area contributed by atoms with Crippen molar-refractivity contribution in [3.8, 4) is 0 Å². The number of hydrogen-bond acceptors (Lipinski definition) is 4. The van der Waals surface area contributed by atoms with Crippen LogP contribution in [-0.4, -0.2) is 30.9 Å². The van der Waals surface area contributed by atoms with Crippen LogP contribution in [0.3, 0.4) is 0 Å². The quantitative estimate of drug-likeness (QED) is 0.519. The fourth-order valence-electron chi connectivity index (χ4n) is 3.88. The Bertz CT molecular complexity index is 1540. The van der Waals surface area contributed by atoms with Gasteiger partial charge in [0.15, 0.2) is 17.4 Å². The molecule has 3 aromatic rings. The molecule has 6 nitrogen and oxygen atoms in total. The Labute approximate surface area is 197 Å². The fraction of sp³-hybridized carbons (Fsp3) is 0.130. The topological polar surface area (TPSA) is 85.2 Å². The molecule has 11 heteroatoms. The minimum Gasteiger partial charge on any atom is -0.331 e. The number of fused-ring (bicyclic) bond motifs is 1. The van der Waals surface area contributed by atoms with Crippen LogP contribution in [0.25, 0.3) is 16.5 Å². The van der Waals surface area contributed by atoms with Gasteiger partial charge in [-0.2, -0.15) is 0 Å². The van der Waals surface area contributed by atoms with E-state index in [4.69, 9.17) is 11.6 Å². The molecule has 0 fully saturated rings. The number of allylic oxidation sites excluding steroid dienone is 4. The predicted molar refractivity (Wildman–Crippen MR) is 121 cm³/mol. The lowest BCUT2D eigenvalue weighted by Gasteiger charge is -2.14. The average molecular weight is 509 g/mol. The predicted octanol–water partition coefficient (Wildman–Crippen LogP) is 4.36. The number of nitrogens with zero attached hydrogens (tertiary/aromatic N) is 1. The third kappa shape index (κ3) is 4.51.